The maximum absolute atomic E-state index is 11.6. The van der Waals surface area contributed by atoms with Gasteiger partial charge in [-0.3, -0.25) is 4.79 Å². The Morgan fingerprint density at radius 3 is 2.42 bits per heavy atom. The number of nitrogen functional groups attached to an aromatic ring is 1. The van der Waals surface area contributed by atoms with Crippen molar-refractivity contribution in [2.45, 2.75) is 6.92 Å². The first-order valence-corrected chi connectivity index (χ1v) is 5.85. The molecular formula is C11H15N5O3. The lowest BCUT2D eigenvalue weighted by Crippen LogP contribution is -2.49. The van der Waals surface area contributed by atoms with E-state index in [0.717, 1.165) is 0 Å². The number of ketones is 1. The molecule has 0 spiro atoms. The standard InChI is InChI=1S/C11H15N5O3/c1-7(17)8-9(12)13-6-14-10(8)15-2-4-16(5-3-15)11(18)19/h6H,2-5H2,1H3,(H,18,19)(H2,12,13,14). The molecule has 1 aliphatic heterocycles. The van der Waals surface area contributed by atoms with Gasteiger partial charge in [-0.1, -0.05) is 0 Å². The van der Waals surface area contributed by atoms with Gasteiger partial charge in [0.1, 0.15) is 23.5 Å². The number of carbonyl (C=O) groups is 2. The maximum Gasteiger partial charge on any atom is 0.407 e. The van der Waals surface area contributed by atoms with Crippen molar-refractivity contribution in [1.82, 2.24) is 14.9 Å². The second kappa shape index (κ2) is 5.09. The highest BCUT2D eigenvalue weighted by molar-refractivity contribution is 6.02. The van der Waals surface area contributed by atoms with Gasteiger partial charge in [-0.15, -0.1) is 0 Å². The number of carbonyl (C=O) groups excluding carboxylic acids is 1. The van der Waals surface area contributed by atoms with Crippen molar-refractivity contribution in [3.05, 3.63) is 11.9 Å². The van der Waals surface area contributed by atoms with E-state index in [1.54, 1.807) is 0 Å². The summed E-state index contributed by atoms with van der Waals surface area (Å²) in [6, 6.07) is 0. The smallest absolute Gasteiger partial charge is 0.407 e. The summed E-state index contributed by atoms with van der Waals surface area (Å²) in [5.74, 6) is 0.428. The van der Waals surface area contributed by atoms with Gasteiger partial charge < -0.3 is 20.6 Å². The zero-order chi connectivity index (χ0) is 14.0. The summed E-state index contributed by atoms with van der Waals surface area (Å²) in [6.45, 7) is 3.10. The molecule has 3 N–H and O–H groups in total. The number of aromatic nitrogens is 2. The van der Waals surface area contributed by atoms with E-state index in [9.17, 15) is 9.59 Å². The van der Waals surface area contributed by atoms with Crippen LogP contribution in [0, 0.1) is 0 Å². The van der Waals surface area contributed by atoms with Crippen molar-refractivity contribution >= 4 is 23.5 Å². The van der Waals surface area contributed by atoms with E-state index >= 15 is 0 Å². The number of Topliss-reactive ketones (excluding diaryl/α,β-unsaturated/α-hetero) is 1. The number of nitrogens with zero attached hydrogens (tertiary/aromatic N) is 4. The van der Waals surface area contributed by atoms with Crippen LogP contribution in [0.4, 0.5) is 16.4 Å². The summed E-state index contributed by atoms with van der Waals surface area (Å²) in [5, 5.41) is 8.89. The molecule has 19 heavy (non-hydrogen) atoms. The molecule has 0 saturated carbocycles. The number of hydrogen-bond donors (Lipinski definition) is 2. The average Bonchev–Trinajstić information content (AvgIpc) is 2.38. The van der Waals surface area contributed by atoms with Crippen LogP contribution in [0.25, 0.3) is 0 Å². The Kier molecular flexibility index (Phi) is 3.50. The first-order valence-electron chi connectivity index (χ1n) is 5.85. The Morgan fingerprint density at radius 2 is 1.89 bits per heavy atom. The molecule has 1 aromatic heterocycles. The second-order valence-electron chi connectivity index (χ2n) is 4.27. The third kappa shape index (κ3) is 2.56. The highest BCUT2D eigenvalue weighted by Gasteiger charge is 2.25. The predicted molar refractivity (Wildman–Crippen MR) is 68.3 cm³/mol. The van der Waals surface area contributed by atoms with Crippen LogP contribution >= 0.6 is 0 Å². The van der Waals surface area contributed by atoms with Crippen molar-refractivity contribution in [1.29, 1.82) is 0 Å². The number of hydrogen-bond acceptors (Lipinski definition) is 6. The second-order valence-corrected chi connectivity index (χ2v) is 4.27. The fourth-order valence-corrected chi connectivity index (χ4v) is 2.08. The van der Waals surface area contributed by atoms with E-state index in [1.807, 2.05) is 4.90 Å². The van der Waals surface area contributed by atoms with Gasteiger partial charge in [-0.2, -0.15) is 0 Å². The Hall–Kier alpha value is -2.38. The molecule has 0 aromatic carbocycles. The quantitative estimate of drug-likeness (QED) is 0.727. The van der Waals surface area contributed by atoms with Crippen LogP contribution in [0.1, 0.15) is 17.3 Å². The van der Waals surface area contributed by atoms with Crippen LogP contribution in [-0.4, -0.2) is 58.0 Å². The van der Waals surface area contributed by atoms with Crippen LogP contribution in [0.2, 0.25) is 0 Å². The van der Waals surface area contributed by atoms with Crippen LogP contribution in [0.15, 0.2) is 6.33 Å². The van der Waals surface area contributed by atoms with Gasteiger partial charge in [0.2, 0.25) is 0 Å². The molecule has 1 fully saturated rings. The fraction of sp³-hybridized carbons (Fsp3) is 0.455. The molecule has 0 radical (unpaired) electrons. The maximum atomic E-state index is 11.6. The Morgan fingerprint density at radius 1 is 1.26 bits per heavy atom. The summed E-state index contributed by atoms with van der Waals surface area (Å²) < 4.78 is 0. The van der Waals surface area contributed by atoms with E-state index in [-0.39, 0.29) is 11.6 Å². The largest absolute Gasteiger partial charge is 0.465 e. The molecule has 1 aromatic rings. The summed E-state index contributed by atoms with van der Waals surface area (Å²) in [6.07, 6.45) is 0.370. The van der Waals surface area contributed by atoms with Gasteiger partial charge in [0.05, 0.1) is 0 Å². The number of rotatable bonds is 2. The van der Waals surface area contributed by atoms with Crippen molar-refractivity contribution < 1.29 is 14.7 Å². The lowest BCUT2D eigenvalue weighted by atomic mass is 10.1. The van der Waals surface area contributed by atoms with Crippen LogP contribution in [0.5, 0.6) is 0 Å². The minimum absolute atomic E-state index is 0.151. The Balaban J connectivity index is 2.22. The molecule has 1 saturated heterocycles. The molecule has 0 unspecified atom stereocenters. The van der Waals surface area contributed by atoms with Gasteiger partial charge in [0.15, 0.2) is 5.78 Å². The predicted octanol–water partition coefficient (Wildman–Crippen LogP) is 0.0614. The summed E-state index contributed by atoms with van der Waals surface area (Å²) >= 11 is 0. The highest BCUT2D eigenvalue weighted by Crippen LogP contribution is 2.23. The summed E-state index contributed by atoms with van der Waals surface area (Å²) in [5.41, 5.74) is 6.00. The molecule has 2 rings (SSSR count). The number of anilines is 2. The lowest BCUT2D eigenvalue weighted by molar-refractivity contribution is 0.101. The highest BCUT2D eigenvalue weighted by atomic mass is 16.4. The van der Waals surface area contributed by atoms with Crippen LogP contribution in [0.3, 0.4) is 0 Å². The van der Waals surface area contributed by atoms with Crippen molar-refractivity contribution in [3.8, 4) is 0 Å². The minimum Gasteiger partial charge on any atom is -0.465 e. The molecule has 2 heterocycles. The molecule has 8 nitrogen and oxygen atoms in total. The van der Waals surface area contributed by atoms with Crippen molar-refractivity contribution in [3.63, 3.8) is 0 Å². The first kappa shape index (κ1) is 13.1. The first-order chi connectivity index (χ1) is 9.00. The molecule has 1 amide bonds. The topological polar surface area (TPSA) is 113 Å². The van der Waals surface area contributed by atoms with Gasteiger partial charge in [0, 0.05) is 26.2 Å². The zero-order valence-electron chi connectivity index (χ0n) is 10.5. The molecule has 1 aliphatic rings. The van der Waals surface area contributed by atoms with E-state index in [0.29, 0.717) is 37.6 Å². The summed E-state index contributed by atoms with van der Waals surface area (Å²) in [4.78, 5) is 33.5. The normalized spacial score (nSPS) is 15.4. The number of nitrogens with two attached hydrogens (primary N) is 1. The number of amides is 1. The third-order valence-electron chi connectivity index (χ3n) is 3.06. The Labute approximate surface area is 109 Å². The molecule has 0 atom stereocenters. The molecule has 8 heteroatoms. The molecular weight excluding hydrogens is 250 g/mol. The van der Waals surface area contributed by atoms with Crippen molar-refractivity contribution in [2.75, 3.05) is 36.8 Å². The number of carboxylic acid groups (broad SMARTS) is 1. The van der Waals surface area contributed by atoms with Gasteiger partial charge in [0.25, 0.3) is 0 Å². The fourth-order valence-electron chi connectivity index (χ4n) is 2.08. The van der Waals surface area contributed by atoms with Gasteiger partial charge in [-0.05, 0) is 6.92 Å². The molecule has 102 valence electrons. The van der Waals surface area contributed by atoms with Crippen molar-refractivity contribution in [2.24, 2.45) is 0 Å². The van der Waals surface area contributed by atoms with E-state index in [4.69, 9.17) is 10.8 Å². The monoisotopic (exact) mass is 265 g/mol. The van der Waals surface area contributed by atoms with Crippen LogP contribution < -0.4 is 10.6 Å². The number of piperazine rings is 1. The van der Waals surface area contributed by atoms with E-state index < -0.39 is 6.09 Å². The molecule has 0 bridgehead atoms. The average molecular weight is 265 g/mol. The van der Waals surface area contributed by atoms with E-state index in [2.05, 4.69) is 9.97 Å². The SMILES string of the molecule is CC(=O)c1c(N)ncnc1N1CCN(C(=O)O)CC1. The van der Waals surface area contributed by atoms with Gasteiger partial charge >= 0.3 is 6.09 Å². The molecule has 0 aliphatic carbocycles. The van der Waals surface area contributed by atoms with Crippen LogP contribution in [-0.2, 0) is 0 Å². The zero-order valence-corrected chi connectivity index (χ0v) is 10.5. The van der Waals surface area contributed by atoms with E-state index in [1.165, 1.54) is 18.2 Å². The minimum atomic E-state index is -0.936. The Bertz CT molecular complexity index is 511. The van der Waals surface area contributed by atoms with Gasteiger partial charge in [-0.25, -0.2) is 14.8 Å². The lowest BCUT2D eigenvalue weighted by Gasteiger charge is -2.34. The summed E-state index contributed by atoms with van der Waals surface area (Å²) in [7, 11) is 0. The third-order valence-corrected chi connectivity index (χ3v) is 3.06.